The summed E-state index contributed by atoms with van der Waals surface area (Å²) in [6.07, 6.45) is 3.88. The Morgan fingerprint density at radius 1 is 1.00 bits per heavy atom. The number of hydrogen-bond donors (Lipinski definition) is 1. The molecule has 0 aromatic rings. The zero-order valence-corrected chi connectivity index (χ0v) is 9.35. The monoisotopic (exact) mass is 171 g/mol. The van der Waals surface area contributed by atoms with Crippen LogP contribution in [0.2, 0.25) is 0 Å². The fraction of sp³-hybridized carbons (Fsp3) is 1.00. The van der Waals surface area contributed by atoms with Gasteiger partial charge in [0.05, 0.1) is 0 Å². The summed E-state index contributed by atoms with van der Waals surface area (Å²) in [6.45, 7) is 11.3. The lowest BCUT2D eigenvalue weighted by Gasteiger charge is -2.22. The molecule has 1 heteroatoms. The SMILES string of the molecule is CCC(C)CC(CC)NC(C)C. The highest BCUT2D eigenvalue weighted by Gasteiger charge is 2.10. The molecule has 1 nitrogen and oxygen atoms in total. The lowest BCUT2D eigenvalue weighted by Crippen LogP contribution is -2.35. The van der Waals surface area contributed by atoms with Gasteiger partial charge in [-0.2, -0.15) is 0 Å². The largest absolute Gasteiger partial charge is 0.312 e. The van der Waals surface area contributed by atoms with Crippen LogP contribution in [0.4, 0.5) is 0 Å². The van der Waals surface area contributed by atoms with Crippen molar-refractivity contribution >= 4 is 0 Å². The molecule has 0 fully saturated rings. The minimum Gasteiger partial charge on any atom is -0.312 e. The van der Waals surface area contributed by atoms with E-state index in [2.05, 4.69) is 39.9 Å². The van der Waals surface area contributed by atoms with Crippen LogP contribution in [-0.2, 0) is 0 Å². The second kappa shape index (κ2) is 6.47. The number of rotatable bonds is 6. The third-order valence-corrected chi connectivity index (χ3v) is 2.45. The van der Waals surface area contributed by atoms with Gasteiger partial charge in [0.15, 0.2) is 0 Å². The third-order valence-electron chi connectivity index (χ3n) is 2.45. The van der Waals surface area contributed by atoms with Gasteiger partial charge in [-0.1, -0.05) is 41.0 Å². The average Bonchev–Trinajstić information content (AvgIpc) is 2.02. The van der Waals surface area contributed by atoms with Crippen molar-refractivity contribution in [3.8, 4) is 0 Å². The highest BCUT2D eigenvalue weighted by atomic mass is 14.9. The number of hydrogen-bond acceptors (Lipinski definition) is 1. The molecule has 0 amide bonds. The van der Waals surface area contributed by atoms with E-state index >= 15 is 0 Å². The Morgan fingerprint density at radius 2 is 1.58 bits per heavy atom. The molecule has 0 heterocycles. The molecule has 0 aromatic heterocycles. The Kier molecular flexibility index (Phi) is 6.45. The third kappa shape index (κ3) is 5.59. The first-order valence-electron chi connectivity index (χ1n) is 5.36. The summed E-state index contributed by atoms with van der Waals surface area (Å²) < 4.78 is 0. The lowest BCUT2D eigenvalue weighted by molar-refractivity contribution is 0.364. The summed E-state index contributed by atoms with van der Waals surface area (Å²) in [5.41, 5.74) is 0. The Labute approximate surface area is 77.9 Å². The van der Waals surface area contributed by atoms with Gasteiger partial charge in [-0.15, -0.1) is 0 Å². The van der Waals surface area contributed by atoms with E-state index in [1.54, 1.807) is 0 Å². The number of nitrogens with one attached hydrogen (secondary N) is 1. The maximum atomic E-state index is 3.59. The first-order valence-corrected chi connectivity index (χ1v) is 5.36. The van der Waals surface area contributed by atoms with E-state index in [4.69, 9.17) is 0 Å². The molecule has 74 valence electrons. The van der Waals surface area contributed by atoms with E-state index in [1.807, 2.05) is 0 Å². The van der Waals surface area contributed by atoms with Gasteiger partial charge in [-0.3, -0.25) is 0 Å². The highest BCUT2D eigenvalue weighted by molar-refractivity contribution is 4.69. The van der Waals surface area contributed by atoms with Gasteiger partial charge < -0.3 is 5.32 Å². The maximum Gasteiger partial charge on any atom is 0.00693 e. The molecule has 0 saturated carbocycles. The molecule has 0 aliphatic carbocycles. The summed E-state index contributed by atoms with van der Waals surface area (Å²) in [5.74, 6) is 0.862. The first-order chi connectivity index (χ1) is 5.60. The minimum absolute atomic E-state index is 0.624. The molecule has 0 aromatic carbocycles. The van der Waals surface area contributed by atoms with Gasteiger partial charge in [0.25, 0.3) is 0 Å². The molecule has 0 aliphatic heterocycles. The van der Waals surface area contributed by atoms with Crippen molar-refractivity contribution in [1.82, 2.24) is 5.32 Å². The lowest BCUT2D eigenvalue weighted by atomic mass is 9.97. The van der Waals surface area contributed by atoms with E-state index in [9.17, 15) is 0 Å². The van der Waals surface area contributed by atoms with Crippen LogP contribution in [0.3, 0.4) is 0 Å². The molecule has 0 spiro atoms. The predicted octanol–water partition coefficient (Wildman–Crippen LogP) is 3.20. The van der Waals surface area contributed by atoms with Crippen molar-refractivity contribution in [3.05, 3.63) is 0 Å². The van der Waals surface area contributed by atoms with E-state index in [-0.39, 0.29) is 0 Å². The maximum absolute atomic E-state index is 3.59. The molecule has 0 saturated heterocycles. The highest BCUT2D eigenvalue weighted by Crippen LogP contribution is 2.12. The summed E-state index contributed by atoms with van der Waals surface area (Å²) in [4.78, 5) is 0. The Hall–Kier alpha value is -0.0400. The Morgan fingerprint density at radius 3 is 1.92 bits per heavy atom. The van der Waals surface area contributed by atoms with Gasteiger partial charge in [0.1, 0.15) is 0 Å². The summed E-state index contributed by atoms with van der Waals surface area (Å²) in [6, 6.07) is 1.35. The topological polar surface area (TPSA) is 12.0 Å². The van der Waals surface area contributed by atoms with Crippen molar-refractivity contribution < 1.29 is 0 Å². The fourth-order valence-corrected chi connectivity index (χ4v) is 1.48. The van der Waals surface area contributed by atoms with Crippen LogP contribution in [0.15, 0.2) is 0 Å². The Bertz CT molecular complexity index is 99.2. The van der Waals surface area contributed by atoms with Gasteiger partial charge in [-0.25, -0.2) is 0 Å². The van der Waals surface area contributed by atoms with E-state index in [1.165, 1.54) is 19.3 Å². The van der Waals surface area contributed by atoms with Crippen molar-refractivity contribution in [3.63, 3.8) is 0 Å². The smallest absolute Gasteiger partial charge is 0.00693 e. The molecule has 0 radical (unpaired) electrons. The fourth-order valence-electron chi connectivity index (χ4n) is 1.48. The Balaban J connectivity index is 3.66. The molecule has 2 atom stereocenters. The molecule has 12 heavy (non-hydrogen) atoms. The van der Waals surface area contributed by atoms with Crippen LogP contribution in [-0.4, -0.2) is 12.1 Å². The summed E-state index contributed by atoms with van der Waals surface area (Å²) >= 11 is 0. The van der Waals surface area contributed by atoms with Crippen LogP contribution in [0.5, 0.6) is 0 Å². The van der Waals surface area contributed by atoms with Crippen LogP contribution in [0.25, 0.3) is 0 Å². The molecular weight excluding hydrogens is 146 g/mol. The summed E-state index contributed by atoms with van der Waals surface area (Å²) in [5, 5.41) is 3.59. The van der Waals surface area contributed by atoms with Gasteiger partial charge >= 0.3 is 0 Å². The van der Waals surface area contributed by atoms with Crippen LogP contribution >= 0.6 is 0 Å². The van der Waals surface area contributed by atoms with Gasteiger partial charge in [0, 0.05) is 12.1 Å². The van der Waals surface area contributed by atoms with Gasteiger partial charge in [-0.05, 0) is 18.8 Å². The standard InChI is InChI=1S/C11H25N/c1-6-10(5)8-11(7-2)12-9(3)4/h9-12H,6-8H2,1-5H3. The molecule has 1 N–H and O–H groups in total. The predicted molar refractivity (Wildman–Crippen MR) is 56.4 cm³/mol. The molecule has 0 aliphatic rings. The normalized spacial score (nSPS) is 16.5. The second-order valence-corrected chi connectivity index (χ2v) is 4.18. The summed E-state index contributed by atoms with van der Waals surface area (Å²) in [7, 11) is 0. The quantitative estimate of drug-likeness (QED) is 0.647. The molecule has 0 bridgehead atoms. The second-order valence-electron chi connectivity index (χ2n) is 4.18. The van der Waals surface area contributed by atoms with Crippen LogP contribution in [0, 0.1) is 5.92 Å². The van der Waals surface area contributed by atoms with Crippen LogP contribution < -0.4 is 5.32 Å². The molecule has 2 unspecified atom stereocenters. The van der Waals surface area contributed by atoms with E-state index in [0.29, 0.717) is 6.04 Å². The van der Waals surface area contributed by atoms with Crippen molar-refractivity contribution in [2.24, 2.45) is 5.92 Å². The van der Waals surface area contributed by atoms with Gasteiger partial charge in [0.2, 0.25) is 0 Å². The van der Waals surface area contributed by atoms with E-state index < -0.39 is 0 Å². The minimum atomic E-state index is 0.624. The molecular formula is C11H25N. The van der Waals surface area contributed by atoms with E-state index in [0.717, 1.165) is 12.0 Å². The zero-order valence-electron chi connectivity index (χ0n) is 9.35. The zero-order chi connectivity index (χ0) is 9.56. The molecule has 0 rings (SSSR count). The first kappa shape index (κ1) is 12.0. The van der Waals surface area contributed by atoms with Crippen molar-refractivity contribution in [1.29, 1.82) is 0 Å². The average molecular weight is 171 g/mol. The van der Waals surface area contributed by atoms with Crippen molar-refractivity contribution in [2.75, 3.05) is 0 Å². The van der Waals surface area contributed by atoms with Crippen LogP contribution in [0.1, 0.15) is 53.9 Å². The van der Waals surface area contributed by atoms with Crippen molar-refractivity contribution in [2.45, 2.75) is 66.0 Å².